The monoisotopic (exact) mass is 317 g/mol. The van der Waals surface area contributed by atoms with E-state index >= 15 is 0 Å². The lowest BCUT2D eigenvalue weighted by atomic mass is 10.1. The average molecular weight is 318 g/mol. The van der Waals surface area contributed by atoms with Crippen LogP contribution in [0.25, 0.3) is 0 Å². The number of rotatable bonds is 6. The second-order valence-electron chi connectivity index (χ2n) is 4.70. The number of amides is 1. The minimum atomic E-state index is -0.404. The van der Waals surface area contributed by atoms with E-state index in [1.165, 1.54) is 0 Å². The highest BCUT2D eigenvalue weighted by molar-refractivity contribution is 6.30. The summed E-state index contributed by atoms with van der Waals surface area (Å²) in [6.07, 6.45) is 0.774. The van der Waals surface area contributed by atoms with Gasteiger partial charge in [-0.3, -0.25) is 9.59 Å². The van der Waals surface area contributed by atoms with Crippen molar-refractivity contribution in [2.75, 3.05) is 11.9 Å². The number of hydrogen-bond donors (Lipinski definition) is 1. The van der Waals surface area contributed by atoms with Crippen LogP contribution in [-0.2, 0) is 20.7 Å². The van der Waals surface area contributed by atoms with E-state index in [0.717, 1.165) is 5.56 Å². The molecule has 0 heterocycles. The highest BCUT2D eigenvalue weighted by atomic mass is 35.5. The number of carbonyl (C=O) groups excluding carboxylic acids is 2. The molecule has 1 amide bonds. The number of para-hydroxylation sites is 1. The van der Waals surface area contributed by atoms with Crippen molar-refractivity contribution in [2.24, 2.45) is 0 Å². The first-order chi connectivity index (χ1) is 10.6. The zero-order valence-corrected chi connectivity index (χ0v) is 12.7. The second-order valence-corrected chi connectivity index (χ2v) is 5.14. The predicted molar refractivity (Wildman–Crippen MR) is 85.8 cm³/mol. The molecule has 5 heteroatoms. The fraction of sp³-hybridized carbons (Fsp3) is 0.176. The Bertz CT molecular complexity index is 626. The molecular formula is C17H16ClNO3. The van der Waals surface area contributed by atoms with Crippen LogP contribution in [0.3, 0.4) is 0 Å². The maximum absolute atomic E-state index is 11.6. The second kappa shape index (κ2) is 8.20. The van der Waals surface area contributed by atoms with Crippen LogP contribution in [0.4, 0.5) is 5.69 Å². The van der Waals surface area contributed by atoms with Crippen LogP contribution in [0.1, 0.15) is 12.0 Å². The number of carbonyl (C=O) groups is 2. The van der Waals surface area contributed by atoms with Crippen LogP contribution in [0.5, 0.6) is 0 Å². The molecule has 22 heavy (non-hydrogen) atoms. The van der Waals surface area contributed by atoms with Gasteiger partial charge in [0.05, 0.1) is 0 Å². The van der Waals surface area contributed by atoms with E-state index in [4.69, 9.17) is 16.3 Å². The Hall–Kier alpha value is -2.33. The number of halogens is 1. The topological polar surface area (TPSA) is 55.4 Å². The van der Waals surface area contributed by atoms with E-state index < -0.39 is 5.97 Å². The van der Waals surface area contributed by atoms with Crippen molar-refractivity contribution >= 4 is 29.2 Å². The van der Waals surface area contributed by atoms with Crippen molar-refractivity contribution in [1.82, 2.24) is 0 Å². The van der Waals surface area contributed by atoms with Crippen LogP contribution in [0, 0.1) is 0 Å². The van der Waals surface area contributed by atoms with Gasteiger partial charge in [-0.05, 0) is 36.2 Å². The Labute approximate surface area is 134 Å². The van der Waals surface area contributed by atoms with Crippen molar-refractivity contribution in [1.29, 1.82) is 0 Å². The van der Waals surface area contributed by atoms with E-state index in [-0.39, 0.29) is 18.9 Å². The Morgan fingerprint density at radius 1 is 1.00 bits per heavy atom. The summed E-state index contributed by atoms with van der Waals surface area (Å²) >= 11 is 5.79. The van der Waals surface area contributed by atoms with Crippen molar-refractivity contribution < 1.29 is 14.3 Å². The van der Waals surface area contributed by atoms with Crippen molar-refractivity contribution in [3.05, 3.63) is 65.2 Å². The first-order valence-corrected chi connectivity index (χ1v) is 7.26. The fourth-order valence-corrected chi connectivity index (χ4v) is 1.96. The third-order valence-electron chi connectivity index (χ3n) is 2.95. The van der Waals surface area contributed by atoms with Gasteiger partial charge < -0.3 is 10.1 Å². The van der Waals surface area contributed by atoms with Gasteiger partial charge in [0.15, 0.2) is 6.61 Å². The first-order valence-electron chi connectivity index (χ1n) is 6.88. The predicted octanol–water partition coefficient (Wildman–Crippen LogP) is 3.45. The van der Waals surface area contributed by atoms with Crippen LogP contribution >= 0.6 is 11.6 Å². The maximum atomic E-state index is 11.6. The Morgan fingerprint density at radius 3 is 2.36 bits per heavy atom. The third kappa shape index (κ3) is 5.58. The average Bonchev–Trinajstić information content (AvgIpc) is 2.53. The molecule has 2 aromatic carbocycles. The van der Waals surface area contributed by atoms with Crippen LogP contribution in [0.15, 0.2) is 54.6 Å². The summed E-state index contributed by atoms with van der Waals surface area (Å²) in [6, 6.07) is 16.3. The Balaban J connectivity index is 1.69. The number of ether oxygens (including phenoxy) is 1. The number of nitrogens with one attached hydrogen (secondary N) is 1. The van der Waals surface area contributed by atoms with Gasteiger partial charge in [0.2, 0.25) is 0 Å². The fourth-order valence-electron chi connectivity index (χ4n) is 1.83. The molecule has 0 aliphatic heterocycles. The molecule has 0 spiro atoms. The molecular weight excluding hydrogens is 302 g/mol. The quantitative estimate of drug-likeness (QED) is 0.830. The number of aryl methyl sites for hydroxylation is 1. The lowest BCUT2D eigenvalue weighted by Crippen LogP contribution is -2.20. The number of anilines is 1. The van der Waals surface area contributed by atoms with E-state index in [1.807, 2.05) is 30.3 Å². The van der Waals surface area contributed by atoms with Gasteiger partial charge in [0.25, 0.3) is 5.91 Å². The Morgan fingerprint density at radius 2 is 1.68 bits per heavy atom. The molecule has 2 aromatic rings. The van der Waals surface area contributed by atoms with Crippen LogP contribution < -0.4 is 5.32 Å². The molecule has 0 aliphatic rings. The summed E-state index contributed by atoms with van der Waals surface area (Å²) in [7, 11) is 0. The summed E-state index contributed by atoms with van der Waals surface area (Å²) in [6.45, 7) is -0.283. The SMILES string of the molecule is O=C(COC(=O)CCc1ccc(Cl)cc1)Nc1ccccc1. The molecule has 0 unspecified atom stereocenters. The van der Waals surface area contributed by atoms with Gasteiger partial charge in [0.1, 0.15) is 0 Å². The van der Waals surface area contributed by atoms with E-state index in [0.29, 0.717) is 17.1 Å². The molecule has 0 fully saturated rings. The number of hydrogen-bond acceptors (Lipinski definition) is 3. The van der Waals surface area contributed by atoms with Crippen LogP contribution in [0.2, 0.25) is 5.02 Å². The molecule has 0 atom stereocenters. The molecule has 114 valence electrons. The molecule has 0 saturated heterocycles. The van der Waals surface area contributed by atoms with Crippen LogP contribution in [-0.4, -0.2) is 18.5 Å². The zero-order valence-electron chi connectivity index (χ0n) is 11.9. The molecule has 4 nitrogen and oxygen atoms in total. The summed E-state index contributed by atoms with van der Waals surface area (Å²) in [5, 5.41) is 3.30. The zero-order chi connectivity index (χ0) is 15.8. The van der Waals surface area contributed by atoms with E-state index in [1.54, 1.807) is 24.3 Å². The summed E-state index contributed by atoms with van der Waals surface area (Å²) in [4.78, 5) is 23.2. The highest BCUT2D eigenvalue weighted by Crippen LogP contribution is 2.11. The molecule has 0 radical (unpaired) electrons. The largest absolute Gasteiger partial charge is 0.456 e. The number of esters is 1. The normalized spacial score (nSPS) is 10.0. The molecule has 0 aliphatic carbocycles. The van der Waals surface area contributed by atoms with E-state index in [9.17, 15) is 9.59 Å². The van der Waals surface area contributed by atoms with Gasteiger partial charge >= 0.3 is 5.97 Å². The smallest absolute Gasteiger partial charge is 0.306 e. The molecule has 0 saturated carbocycles. The van der Waals surface area contributed by atoms with Gasteiger partial charge in [-0.1, -0.05) is 41.9 Å². The molecule has 0 bridgehead atoms. The summed E-state index contributed by atoms with van der Waals surface area (Å²) in [5.74, 6) is -0.760. The van der Waals surface area contributed by atoms with Gasteiger partial charge in [-0.15, -0.1) is 0 Å². The van der Waals surface area contributed by atoms with Crippen molar-refractivity contribution in [2.45, 2.75) is 12.8 Å². The van der Waals surface area contributed by atoms with Gasteiger partial charge in [0, 0.05) is 17.1 Å². The summed E-state index contributed by atoms with van der Waals surface area (Å²) < 4.78 is 4.94. The Kier molecular flexibility index (Phi) is 5.98. The lowest BCUT2D eigenvalue weighted by Gasteiger charge is -2.06. The first kappa shape index (κ1) is 16.0. The van der Waals surface area contributed by atoms with Crippen molar-refractivity contribution in [3.63, 3.8) is 0 Å². The molecule has 0 aromatic heterocycles. The number of benzene rings is 2. The summed E-state index contributed by atoms with van der Waals surface area (Å²) in [5.41, 5.74) is 1.67. The van der Waals surface area contributed by atoms with E-state index in [2.05, 4.69) is 5.32 Å². The van der Waals surface area contributed by atoms with Crippen molar-refractivity contribution in [3.8, 4) is 0 Å². The van der Waals surface area contributed by atoms with Gasteiger partial charge in [-0.25, -0.2) is 0 Å². The third-order valence-corrected chi connectivity index (χ3v) is 3.20. The maximum Gasteiger partial charge on any atom is 0.306 e. The van der Waals surface area contributed by atoms with Gasteiger partial charge in [-0.2, -0.15) is 0 Å². The lowest BCUT2D eigenvalue weighted by molar-refractivity contribution is -0.147. The molecule has 2 rings (SSSR count). The standard InChI is InChI=1S/C17H16ClNO3/c18-14-9-6-13(7-10-14)8-11-17(21)22-12-16(20)19-15-4-2-1-3-5-15/h1-7,9-10H,8,11-12H2,(H,19,20). The highest BCUT2D eigenvalue weighted by Gasteiger charge is 2.08. The minimum Gasteiger partial charge on any atom is -0.456 e. The molecule has 1 N–H and O–H groups in total. The minimum absolute atomic E-state index is 0.222.